The Morgan fingerprint density at radius 2 is 2.10 bits per heavy atom. The Bertz CT molecular complexity index is 858. The highest BCUT2D eigenvalue weighted by molar-refractivity contribution is 5.88. The number of unbranched alkanes of at least 4 members (excludes halogenated alkanes) is 1. The van der Waals surface area contributed by atoms with E-state index in [1.807, 2.05) is 0 Å². The number of hydrogen-bond donors (Lipinski definition) is 2. The Hall–Kier alpha value is -3.43. The van der Waals surface area contributed by atoms with Crippen molar-refractivity contribution in [2.75, 3.05) is 18.0 Å². The summed E-state index contributed by atoms with van der Waals surface area (Å²) in [4.78, 5) is 43.6. The number of oxazole rings is 1. The molecule has 0 atom stereocenters. The number of carbonyl (C=O) groups excluding carboxylic acids is 2. The maximum absolute atomic E-state index is 12.7. The molecule has 10 nitrogen and oxygen atoms in total. The molecule has 2 aromatic rings. The lowest BCUT2D eigenvalue weighted by Gasteiger charge is -2.27. The maximum atomic E-state index is 12.7. The molecule has 0 aromatic carbocycles. The number of rotatable bonds is 9. The molecular weight excluding hydrogens is 380 g/mol. The molecule has 0 saturated carbocycles. The molecule has 0 bridgehead atoms. The second kappa shape index (κ2) is 9.67. The molecule has 156 valence electrons. The lowest BCUT2D eigenvalue weighted by molar-refractivity contribution is -0.109. The van der Waals surface area contributed by atoms with Crippen LogP contribution in [0, 0.1) is 0 Å². The number of pyridine rings is 1. The van der Waals surface area contributed by atoms with E-state index >= 15 is 0 Å². The lowest BCUT2D eigenvalue weighted by atomic mass is 10.2. The number of carbonyl (C=O) groups is 3. The van der Waals surface area contributed by atoms with Gasteiger partial charge < -0.3 is 19.6 Å². The van der Waals surface area contributed by atoms with E-state index in [0.717, 1.165) is 6.26 Å². The molecule has 10 heteroatoms. The largest absolute Gasteiger partial charge is 0.476 e. The van der Waals surface area contributed by atoms with Gasteiger partial charge >= 0.3 is 12.1 Å². The number of carboxylic acids is 1. The average Bonchev–Trinajstić information content (AvgIpc) is 3.14. The first-order chi connectivity index (χ1) is 13.7. The number of aromatic carboxylic acids is 1. The Morgan fingerprint density at radius 3 is 2.72 bits per heavy atom. The molecule has 0 unspecified atom stereocenters. The number of carboxylic acid groups (broad SMARTS) is 1. The zero-order valence-electron chi connectivity index (χ0n) is 16.5. The third-order valence-corrected chi connectivity index (χ3v) is 3.64. The van der Waals surface area contributed by atoms with Gasteiger partial charge in [-0.05, 0) is 45.7 Å². The Kier molecular flexibility index (Phi) is 7.29. The molecule has 2 amide bonds. The van der Waals surface area contributed by atoms with Crippen LogP contribution in [-0.2, 0) is 9.53 Å². The number of nitrogens with one attached hydrogen (secondary N) is 1. The average molecular weight is 404 g/mol. The van der Waals surface area contributed by atoms with Crippen LogP contribution in [0.5, 0.6) is 0 Å². The number of anilines is 1. The molecule has 2 N–H and O–H groups in total. The second-order valence-corrected chi connectivity index (χ2v) is 7.16. The minimum atomic E-state index is -1.20. The van der Waals surface area contributed by atoms with E-state index in [4.69, 9.17) is 14.3 Å². The summed E-state index contributed by atoms with van der Waals surface area (Å²) < 4.78 is 10.7. The number of ether oxygens (including phenoxy) is 1. The van der Waals surface area contributed by atoms with Gasteiger partial charge in [0.1, 0.15) is 17.7 Å². The highest BCUT2D eigenvalue weighted by Crippen LogP contribution is 2.24. The van der Waals surface area contributed by atoms with Crippen molar-refractivity contribution in [1.29, 1.82) is 0 Å². The van der Waals surface area contributed by atoms with Crippen LogP contribution in [-0.4, -0.2) is 52.2 Å². The van der Waals surface area contributed by atoms with Crippen LogP contribution in [0.15, 0.2) is 29.0 Å². The highest BCUT2D eigenvalue weighted by atomic mass is 16.6. The van der Waals surface area contributed by atoms with Crippen molar-refractivity contribution < 1.29 is 28.6 Å². The van der Waals surface area contributed by atoms with Gasteiger partial charge in [-0.15, -0.1) is 0 Å². The topological polar surface area (TPSA) is 135 Å². The second-order valence-electron chi connectivity index (χ2n) is 7.16. The number of hydrogen-bond acceptors (Lipinski definition) is 7. The van der Waals surface area contributed by atoms with Gasteiger partial charge in [-0.3, -0.25) is 9.69 Å². The van der Waals surface area contributed by atoms with Crippen LogP contribution in [0.25, 0.3) is 11.5 Å². The zero-order valence-corrected chi connectivity index (χ0v) is 16.5. The molecule has 0 saturated heterocycles. The summed E-state index contributed by atoms with van der Waals surface area (Å²) in [6, 6.07) is 3.17. The summed E-state index contributed by atoms with van der Waals surface area (Å²) in [6.45, 7) is 6.11. The quantitative estimate of drug-likeness (QED) is 0.481. The SMILES string of the molecule is CC(C)(C)OC(=O)N(CCCCNC=O)c1cc(-c2nc(C(=O)O)co2)ccn1. The van der Waals surface area contributed by atoms with E-state index in [1.165, 1.54) is 11.1 Å². The molecule has 2 aromatic heterocycles. The van der Waals surface area contributed by atoms with Gasteiger partial charge in [0.25, 0.3) is 0 Å². The molecule has 0 aliphatic heterocycles. The van der Waals surface area contributed by atoms with Crippen LogP contribution >= 0.6 is 0 Å². The van der Waals surface area contributed by atoms with Gasteiger partial charge in [-0.1, -0.05) is 0 Å². The molecule has 0 radical (unpaired) electrons. The summed E-state index contributed by atoms with van der Waals surface area (Å²) >= 11 is 0. The lowest BCUT2D eigenvalue weighted by Crippen LogP contribution is -2.38. The van der Waals surface area contributed by atoms with Crippen LogP contribution < -0.4 is 10.2 Å². The van der Waals surface area contributed by atoms with Crippen LogP contribution in [0.2, 0.25) is 0 Å². The standard InChI is InChI=1S/C19H24N4O6/c1-19(2,3)29-18(27)23(9-5-4-7-20-12-24)15-10-13(6-8-21-15)16-22-14(11-28-16)17(25)26/h6,8,10-12H,4-5,7,9H2,1-3H3,(H,20,24)(H,25,26). The van der Waals surface area contributed by atoms with Gasteiger partial charge in [0.2, 0.25) is 12.3 Å². The van der Waals surface area contributed by atoms with Crippen LogP contribution in [0.4, 0.5) is 10.6 Å². The third-order valence-electron chi connectivity index (χ3n) is 3.64. The summed E-state index contributed by atoms with van der Waals surface area (Å²) in [5.74, 6) is -0.783. The first-order valence-electron chi connectivity index (χ1n) is 9.04. The van der Waals surface area contributed by atoms with E-state index < -0.39 is 17.7 Å². The summed E-state index contributed by atoms with van der Waals surface area (Å²) in [5, 5.41) is 11.6. The van der Waals surface area contributed by atoms with E-state index in [1.54, 1.807) is 32.9 Å². The summed E-state index contributed by atoms with van der Waals surface area (Å²) in [7, 11) is 0. The molecule has 2 heterocycles. The van der Waals surface area contributed by atoms with Crippen molar-refractivity contribution in [3.05, 3.63) is 30.3 Å². The highest BCUT2D eigenvalue weighted by Gasteiger charge is 2.24. The number of nitrogens with zero attached hydrogens (tertiary/aromatic N) is 3. The Labute approximate surface area is 167 Å². The van der Waals surface area contributed by atoms with E-state index in [0.29, 0.717) is 43.7 Å². The zero-order chi connectivity index (χ0) is 21.4. The third kappa shape index (κ3) is 6.59. The summed E-state index contributed by atoms with van der Waals surface area (Å²) in [6.07, 6.45) is 3.85. The fourth-order valence-corrected chi connectivity index (χ4v) is 2.38. The Morgan fingerprint density at radius 1 is 1.34 bits per heavy atom. The molecule has 2 rings (SSSR count). The fraction of sp³-hybridized carbons (Fsp3) is 0.421. The maximum Gasteiger partial charge on any atom is 0.416 e. The molecule has 0 spiro atoms. The molecule has 0 fully saturated rings. The van der Waals surface area contributed by atoms with Gasteiger partial charge in [0.05, 0.1) is 0 Å². The van der Waals surface area contributed by atoms with Gasteiger partial charge in [-0.25, -0.2) is 19.6 Å². The molecule has 29 heavy (non-hydrogen) atoms. The van der Waals surface area contributed by atoms with Crippen molar-refractivity contribution >= 4 is 24.3 Å². The molecule has 0 aliphatic rings. The number of amides is 2. The van der Waals surface area contributed by atoms with Crippen LogP contribution in [0.3, 0.4) is 0 Å². The normalized spacial score (nSPS) is 11.0. The predicted octanol–water partition coefficient (Wildman–Crippen LogP) is 2.70. The minimum absolute atomic E-state index is 0.102. The fourth-order valence-electron chi connectivity index (χ4n) is 2.38. The van der Waals surface area contributed by atoms with Gasteiger partial charge in [0, 0.05) is 24.8 Å². The van der Waals surface area contributed by atoms with E-state index in [-0.39, 0.29) is 11.6 Å². The predicted molar refractivity (Wildman–Crippen MR) is 104 cm³/mol. The minimum Gasteiger partial charge on any atom is -0.476 e. The van der Waals surface area contributed by atoms with E-state index in [9.17, 15) is 14.4 Å². The smallest absolute Gasteiger partial charge is 0.416 e. The molecular formula is C19H24N4O6. The molecule has 0 aliphatic carbocycles. The monoisotopic (exact) mass is 404 g/mol. The number of aromatic nitrogens is 2. The van der Waals surface area contributed by atoms with Crippen molar-refractivity contribution in [2.45, 2.75) is 39.2 Å². The Balaban J connectivity index is 2.24. The van der Waals surface area contributed by atoms with Crippen LogP contribution in [0.1, 0.15) is 44.1 Å². The van der Waals surface area contributed by atoms with Gasteiger partial charge in [0.15, 0.2) is 5.69 Å². The van der Waals surface area contributed by atoms with Crippen molar-refractivity contribution in [1.82, 2.24) is 15.3 Å². The first kappa shape index (κ1) is 21.9. The van der Waals surface area contributed by atoms with Crippen molar-refractivity contribution in [2.24, 2.45) is 0 Å². The van der Waals surface area contributed by atoms with Gasteiger partial charge in [-0.2, -0.15) is 0 Å². The summed E-state index contributed by atoms with van der Waals surface area (Å²) in [5.41, 5.74) is -0.436. The van der Waals surface area contributed by atoms with E-state index in [2.05, 4.69) is 15.3 Å². The first-order valence-corrected chi connectivity index (χ1v) is 9.04. The van der Waals surface area contributed by atoms with Crippen molar-refractivity contribution in [3.63, 3.8) is 0 Å². The van der Waals surface area contributed by atoms with Crippen molar-refractivity contribution in [3.8, 4) is 11.5 Å².